The van der Waals surface area contributed by atoms with Gasteiger partial charge in [-0.05, 0) is 12.8 Å². The molecule has 108 valence electrons. The van der Waals surface area contributed by atoms with Crippen LogP contribution in [0.5, 0.6) is 0 Å². The van der Waals surface area contributed by atoms with Crippen LogP contribution in [0.3, 0.4) is 0 Å². The van der Waals surface area contributed by atoms with Crippen molar-refractivity contribution < 1.29 is 14.6 Å². The van der Waals surface area contributed by atoms with Crippen molar-refractivity contribution in [1.82, 2.24) is 4.90 Å². The summed E-state index contributed by atoms with van der Waals surface area (Å²) in [5.74, 6) is -0.0856. The molecule has 1 amide bonds. The Morgan fingerprint density at radius 2 is 2.06 bits per heavy atom. The topological polar surface area (TPSA) is 75.8 Å². The molecule has 1 unspecified atom stereocenters. The van der Waals surface area contributed by atoms with Crippen molar-refractivity contribution in [3.8, 4) is 0 Å². The van der Waals surface area contributed by atoms with Gasteiger partial charge in [-0.1, -0.05) is 26.2 Å². The molecule has 0 heterocycles. The molecule has 0 saturated heterocycles. The summed E-state index contributed by atoms with van der Waals surface area (Å²) in [6.45, 7) is 3.66. The second-order valence-electron chi connectivity index (χ2n) is 4.50. The zero-order chi connectivity index (χ0) is 13.8. The smallest absolute Gasteiger partial charge is 0.239 e. The third-order valence-electron chi connectivity index (χ3n) is 2.91. The molecule has 0 aromatic carbocycles. The molecule has 0 saturated carbocycles. The SMILES string of the molecule is CCCCCCN(CCO)C(=O)C(N)CCOC. The number of unbranched alkanes of at least 4 members (excludes halogenated alkanes) is 3. The van der Waals surface area contributed by atoms with Gasteiger partial charge in [0.1, 0.15) is 0 Å². The lowest BCUT2D eigenvalue weighted by Crippen LogP contribution is -2.45. The van der Waals surface area contributed by atoms with E-state index < -0.39 is 6.04 Å². The van der Waals surface area contributed by atoms with E-state index in [1.54, 1.807) is 12.0 Å². The minimum absolute atomic E-state index is 0.0173. The predicted molar refractivity (Wildman–Crippen MR) is 72.3 cm³/mol. The van der Waals surface area contributed by atoms with Crippen molar-refractivity contribution in [2.75, 3.05) is 33.4 Å². The highest BCUT2D eigenvalue weighted by Gasteiger charge is 2.19. The Labute approximate surface area is 110 Å². The highest BCUT2D eigenvalue weighted by atomic mass is 16.5. The number of methoxy groups -OCH3 is 1. The molecule has 0 aliphatic heterocycles. The van der Waals surface area contributed by atoms with Crippen LogP contribution in [0, 0.1) is 0 Å². The Kier molecular flexibility index (Phi) is 11.0. The molecule has 5 heteroatoms. The zero-order valence-corrected chi connectivity index (χ0v) is 11.7. The summed E-state index contributed by atoms with van der Waals surface area (Å²) in [5.41, 5.74) is 5.81. The van der Waals surface area contributed by atoms with E-state index in [-0.39, 0.29) is 12.5 Å². The quantitative estimate of drug-likeness (QED) is 0.538. The fourth-order valence-corrected chi connectivity index (χ4v) is 1.79. The summed E-state index contributed by atoms with van der Waals surface area (Å²) < 4.78 is 4.92. The van der Waals surface area contributed by atoms with Crippen LogP contribution >= 0.6 is 0 Å². The highest BCUT2D eigenvalue weighted by Crippen LogP contribution is 2.04. The van der Waals surface area contributed by atoms with Crippen molar-refractivity contribution in [2.45, 2.75) is 45.1 Å². The third kappa shape index (κ3) is 7.63. The van der Waals surface area contributed by atoms with Gasteiger partial charge in [-0.25, -0.2) is 0 Å². The Bertz CT molecular complexity index is 212. The number of hydrogen-bond donors (Lipinski definition) is 2. The van der Waals surface area contributed by atoms with Crippen LogP contribution in [-0.2, 0) is 9.53 Å². The first-order valence-corrected chi connectivity index (χ1v) is 6.81. The van der Waals surface area contributed by atoms with Crippen LogP contribution in [0.1, 0.15) is 39.0 Å². The fraction of sp³-hybridized carbons (Fsp3) is 0.923. The molecular weight excluding hydrogens is 232 g/mol. The molecule has 0 aliphatic rings. The number of carbonyl (C=O) groups excluding carboxylic acids is 1. The van der Waals surface area contributed by atoms with Crippen LogP contribution < -0.4 is 5.73 Å². The number of nitrogens with two attached hydrogens (primary N) is 1. The van der Waals surface area contributed by atoms with E-state index in [4.69, 9.17) is 15.6 Å². The second-order valence-corrected chi connectivity index (χ2v) is 4.50. The van der Waals surface area contributed by atoms with Gasteiger partial charge >= 0.3 is 0 Å². The summed E-state index contributed by atoms with van der Waals surface area (Å²) in [7, 11) is 1.59. The summed E-state index contributed by atoms with van der Waals surface area (Å²) in [4.78, 5) is 13.7. The molecule has 0 spiro atoms. The summed E-state index contributed by atoms with van der Waals surface area (Å²) in [5, 5.41) is 8.99. The first-order chi connectivity index (χ1) is 8.67. The lowest BCUT2D eigenvalue weighted by molar-refractivity contribution is -0.133. The number of amides is 1. The maximum absolute atomic E-state index is 12.0. The molecule has 0 bridgehead atoms. The minimum Gasteiger partial charge on any atom is -0.395 e. The first-order valence-electron chi connectivity index (χ1n) is 6.81. The number of carbonyl (C=O) groups is 1. The predicted octanol–water partition coefficient (Wildman–Crippen LogP) is 0.751. The van der Waals surface area contributed by atoms with Gasteiger partial charge in [0.25, 0.3) is 0 Å². The molecule has 18 heavy (non-hydrogen) atoms. The minimum atomic E-state index is -0.525. The average Bonchev–Trinajstić information content (AvgIpc) is 2.38. The monoisotopic (exact) mass is 260 g/mol. The van der Waals surface area contributed by atoms with Crippen LogP contribution in [0.2, 0.25) is 0 Å². The van der Waals surface area contributed by atoms with E-state index in [0.29, 0.717) is 26.1 Å². The van der Waals surface area contributed by atoms with Gasteiger partial charge in [0.15, 0.2) is 0 Å². The van der Waals surface area contributed by atoms with Gasteiger partial charge in [0, 0.05) is 26.8 Å². The summed E-state index contributed by atoms with van der Waals surface area (Å²) in [6, 6.07) is -0.525. The van der Waals surface area contributed by atoms with Crippen LogP contribution in [-0.4, -0.2) is 55.4 Å². The molecule has 0 aliphatic carbocycles. The Balaban J connectivity index is 4.08. The molecule has 1 atom stereocenters. The first kappa shape index (κ1) is 17.4. The molecule has 3 N–H and O–H groups in total. The van der Waals surface area contributed by atoms with Crippen LogP contribution in [0.25, 0.3) is 0 Å². The fourth-order valence-electron chi connectivity index (χ4n) is 1.79. The van der Waals surface area contributed by atoms with Gasteiger partial charge in [-0.15, -0.1) is 0 Å². The summed E-state index contributed by atoms with van der Waals surface area (Å²) in [6.07, 6.45) is 4.94. The highest BCUT2D eigenvalue weighted by molar-refractivity contribution is 5.81. The standard InChI is InChI=1S/C13H28N2O3/c1-3-4-5-6-8-15(9-10-16)13(17)12(14)7-11-18-2/h12,16H,3-11,14H2,1-2H3. The molecule has 0 radical (unpaired) electrons. The van der Waals surface area contributed by atoms with Crippen molar-refractivity contribution in [1.29, 1.82) is 0 Å². The normalized spacial score (nSPS) is 12.4. The molecule has 5 nitrogen and oxygen atoms in total. The number of ether oxygens (including phenoxy) is 1. The third-order valence-corrected chi connectivity index (χ3v) is 2.91. The Hall–Kier alpha value is -0.650. The largest absolute Gasteiger partial charge is 0.395 e. The number of aliphatic hydroxyl groups is 1. The van der Waals surface area contributed by atoms with E-state index >= 15 is 0 Å². The Morgan fingerprint density at radius 3 is 2.61 bits per heavy atom. The summed E-state index contributed by atoms with van der Waals surface area (Å²) >= 11 is 0. The molecule has 0 fully saturated rings. The van der Waals surface area contributed by atoms with E-state index in [9.17, 15) is 4.79 Å². The lowest BCUT2D eigenvalue weighted by Gasteiger charge is -2.25. The van der Waals surface area contributed by atoms with Crippen molar-refractivity contribution >= 4 is 5.91 Å². The Morgan fingerprint density at radius 1 is 1.33 bits per heavy atom. The number of nitrogens with zero attached hydrogens (tertiary/aromatic N) is 1. The molecule has 0 rings (SSSR count). The number of rotatable bonds is 11. The van der Waals surface area contributed by atoms with Gasteiger partial charge in [-0.3, -0.25) is 4.79 Å². The van der Waals surface area contributed by atoms with E-state index in [2.05, 4.69) is 6.92 Å². The van der Waals surface area contributed by atoms with Crippen LogP contribution in [0.15, 0.2) is 0 Å². The number of hydrogen-bond acceptors (Lipinski definition) is 4. The van der Waals surface area contributed by atoms with Crippen molar-refractivity contribution in [2.24, 2.45) is 5.73 Å². The van der Waals surface area contributed by atoms with Crippen molar-refractivity contribution in [3.05, 3.63) is 0 Å². The van der Waals surface area contributed by atoms with Gasteiger partial charge < -0.3 is 20.5 Å². The second kappa shape index (κ2) is 11.4. The van der Waals surface area contributed by atoms with Gasteiger partial charge in [-0.2, -0.15) is 0 Å². The number of aliphatic hydroxyl groups excluding tert-OH is 1. The van der Waals surface area contributed by atoms with Gasteiger partial charge in [0.05, 0.1) is 12.6 Å². The van der Waals surface area contributed by atoms with Gasteiger partial charge in [0.2, 0.25) is 5.91 Å². The lowest BCUT2D eigenvalue weighted by atomic mass is 10.1. The molecule has 0 aromatic rings. The van der Waals surface area contributed by atoms with E-state index in [1.165, 1.54) is 12.8 Å². The molecular formula is C13H28N2O3. The van der Waals surface area contributed by atoms with E-state index in [1.807, 2.05) is 0 Å². The average molecular weight is 260 g/mol. The van der Waals surface area contributed by atoms with Crippen molar-refractivity contribution in [3.63, 3.8) is 0 Å². The maximum Gasteiger partial charge on any atom is 0.239 e. The van der Waals surface area contributed by atoms with Crippen LogP contribution in [0.4, 0.5) is 0 Å². The zero-order valence-electron chi connectivity index (χ0n) is 11.7. The maximum atomic E-state index is 12.0. The van der Waals surface area contributed by atoms with E-state index in [0.717, 1.165) is 12.8 Å². The molecule has 0 aromatic heterocycles.